The molecule has 1 saturated heterocycles. The molecule has 9 nitrogen and oxygen atoms in total. The number of nitrogens with zero attached hydrogens (tertiary/aromatic N) is 3. The predicted octanol–water partition coefficient (Wildman–Crippen LogP) is 2.30. The van der Waals surface area contributed by atoms with Crippen LogP contribution in [0.5, 0.6) is 17.4 Å². The summed E-state index contributed by atoms with van der Waals surface area (Å²) in [4.78, 5) is 2.32. The molecule has 170 valence electrons. The largest absolute Gasteiger partial charge is 0.490 e. The molecule has 2 aliphatic rings. The van der Waals surface area contributed by atoms with Crippen molar-refractivity contribution < 1.29 is 18.9 Å². The van der Waals surface area contributed by atoms with Gasteiger partial charge in [0.25, 0.3) is 0 Å². The number of morpholine rings is 1. The van der Waals surface area contributed by atoms with Crippen molar-refractivity contribution in [1.29, 1.82) is 5.26 Å². The first-order valence-corrected chi connectivity index (χ1v) is 11.0. The second-order valence-corrected chi connectivity index (χ2v) is 7.64. The fraction of sp³-hybridized carbons (Fsp3) is 0.478. The highest BCUT2D eigenvalue weighted by Gasteiger charge is 2.35. The fourth-order valence-electron chi connectivity index (χ4n) is 4.11. The molecule has 3 heterocycles. The molecule has 0 radical (unpaired) electrons. The van der Waals surface area contributed by atoms with Crippen LogP contribution in [0.2, 0.25) is 0 Å². The SMILES string of the molecule is CCOc1cc([C@H]2C(C#N)=C(N)Oc3n[nH]c(CC)c32)ccc1OCCN1CCOCC1. The Bertz CT molecular complexity index is 1020. The molecule has 1 atom stereocenters. The lowest BCUT2D eigenvalue weighted by Gasteiger charge is -2.27. The lowest BCUT2D eigenvalue weighted by Crippen LogP contribution is -2.38. The molecule has 3 N–H and O–H groups in total. The van der Waals surface area contributed by atoms with Crippen molar-refractivity contribution in [3.8, 4) is 23.4 Å². The summed E-state index contributed by atoms with van der Waals surface area (Å²) < 4.78 is 22.9. The second kappa shape index (κ2) is 9.94. The van der Waals surface area contributed by atoms with Crippen LogP contribution in [0.15, 0.2) is 29.7 Å². The van der Waals surface area contributed by atoms with Gasteiger partial charge in [-0.25, -0.2) is 0 Å². The van der Waals surface area contributed by atoms with Crippen LogP contribution in [0, 0.1) is 11.3 Å². The first-order valence-electron chi connectivity index (χ1n) is 11.0. The smallest absolute Gasteiger partial charge is 0.244 e. The van der Waals surface area contributed by atoms with Crippen LogP contribution in [0.25, 0.3) is 0 Å². The number of hydrogen-bond donors (Lipinski definition) is 2. The molecule has 1 aromatic heterocycles. The van der Waals surface area contributed by atoms with E-state index in [0.29, 0.717) is 36.2 Å². The van der Waals surface area contributed by atoms with E-state index in [9.17, 15) is 5.26 Å². The number of nitriles is 1. The number of aryl methyl sites for hydroxylation is 1. The highest BCUT2D eigenvalue weighted by molar-refractivity contribution is 5.57. The zero-order chi connectivity index (χ0) is 22.5. The molecule has 4 rings (SSSR count). The summed E-state index contributed by atoms with van der Waals surface area (Å²) in [7, 11) is 0. The Morgan fingerprint density at radius 1 is 1.25 bits per heavy atom. The van der Waals surface area contributed by atoms with Gasteiger partial charge >= 0.3 is 0 Å². The number of ether oxygens (including phenoxy) is 4. The van der Waals surface area contributed by atoms with Gasteiger partial charge in [-0.3, -0.25) is 10.00 Å². The normalized spacial score (nSPS) is 18.6. The molecule has 1 fully saturated rings. The fourth-order valence-corrected chi connectivity index (χ4v) is 4.11. The first-order chi connectivity index (χ1) is 15.7. The third kappa shape index (κ3) is 4.38. The Kier molecular flexibility index (Phi) is 6.83. The van der Waals surface area contributed by atoms with E-state index >= 15 is 0 Å². The van der Waals surface area contributed by atoms with Crippen molar-refractivity contribution in [2.24, 2.45) is 5.73 Å². The van der Waals surface area contributed by atoms with Crippen LogP contribution in [0.1, 0.15) is 36.6 Å². The zero-order valence-electron chi connectivity index (χ0n) is 18.5. The number of hydrogen-bond acceptors (Lipinski definition) is 8. The van der Waals surface area contributed by atoms with E-state index in [0.717, 1.165) is 56.1 Å². The number of fused-ring (bicyclic) bond motifs is 1. The molecule has 2 aromatic rings. The van der Waals surface area contributed by atoms with Crippen LogP contribution >= 0.6 is 0 Å². The van der Waals surface area contributed by atoms with Gasteiger partial charge in [-0.2, -0.15) is 5.26 Å². The van der Waals surface area contributed by atoms with Crippen LogP contribution in [0.3, 0.4) is 0 Å². The van der Waals surface area contributed by atoms with Crippen molar-refractivity contribution in [3.05, 3.63) is 46.5 Å². The van der Waals surface area contributed by atoms with E-state index in [1.807, 2.05) is 32.0 Å². The standard InChI is InChI=1S/C23H29N5O4/c1-3-17-21-20(16(14-24)22(25)32-23(21)27-26-17)15-5-6-18(19(13-15)30-4-2)31-12-9-28-7-10-29-11-8-28/h5-6,13,20H,3-4,7-12,25H2,1-2H3,(H,26,27)/t20-/m0/s1. The molecule has 0 saturated carbocycles. The van der Waals surface area contributed by atoms with Gasteiger partial charge in [0.05, 0.1) is 25.7 Å². The summed E-state index contributed by atoms with van der Waals surface area (Å²) in [6, 6.07) is 7.98. The molecule has 32 heavy (non-hydrogen) atoms. The van der Waals surface area contributed by atoms with E-state index in [-0.39, 0.29) is 11.8 Å². The first kappa shape index (κ1) is 22.0. The summed E-state index contributed by atoms with van der Waals surface area (Å²) in [5, 5.41) is 17.1. The number of nitrogens with two attached hydrogens (primary N) is 1. The average Bonchev–Trinajstić information content (AvgIpc) is 3.22. The minimum atomic E-state index is -0.390. The summed E-state index contributed by atoms with van der Waals surface area (Å²) in [6.07, 6.45) is 0.724. The summed E-state index contributed by atoms with van der Waals surface area (Å²) in [6.45, 7) is 9.19. The monoisotopic (exact) mass is 439 g/mol. The highest BCUT2D eigenvalue weighted by Crippen LogP contribution is 2.44. The Balaban J connectivity index is 1.61. The molecular weight excluding hydrogens is 410 g/mol. The Hall–Kier alpha value is -3.22. The van der Waals surface area contributed by atoms with Crippen molar-refractivity contribution in [2.45, 2.75) is 26.2 Å². The lowest BCUT2D eigenvalue weighted by atomic mass is 9.83. The van der Waals surface area contributed by atoms with Gasteiger partial charge in [0, 0.05) is 30.9 Å². The van der Waals surface area contributed by atoms with Gasteiger partial charge in [0.15, 0.2) is 11.5 Å². The molecule has 0 aliphatic carbocycles. The Morgan fingerprint density at radius 3 is 2.78 bits per heavy atom. The van der Waals surface area contributed by atoms with Crippen molar-refractivity contribution >= 4 is 0 Å². The van der Waals surface area contributed by atoms with Crippen LogP contribution in [0.4, 0.5) is 0 Å². The molecule has 0 amide bonds. The minimum Gasteiger partial charge on any atom is -0.490 e. The van der Waals surface area contributed by atoms with E-state index in [4.69, 9.17) is 24.7 Å². The van der Waals surface area contributed by atoms with Crippen LogP contribution in [-0.2, 0) is 11.2 Å². The van der Waals surface area contributed by atoms with Gasteiger partial charge in [0.1, 0.15) is 18.2 Å². The predicted molar refractivity (Wildman–Crippen MR) is 118 cm³/mol. The number of aromatic nitrogens is 2. The van der Waals surface area contributed by atoms with Gasteiger partial charge in [-0.1, -0.05) is 13.0 Å². The number of nitrogens with one attached hydrogen (secondary N) is 1. The lowest BCUT2D eigenvalue weighted by molar-refractivity contribution is 0.0321. The summed E-state index contributed by atoms with van der Waals surface area (Å²) in [5.41, 5.74) is 9.03. The van der Waals surface area contributed by atoms with Gasteiger partial charge in [-0.15, -0.1) is 5.10 Å². The summed E-state index contributed by atoms with van der Waals surface area (Å²) in [5.74, 6) is 1.40. The zero-order valence-corrected chi connectivity index (χ0v) is 18.5. The maximum atomic E-state index is 9.82. The van der Waals surface area contributed by atoms with E-state index in [1.165, 1.54) is 0 Å². The van der Waals surface area contributed by atoms with Gasteiger partial charge in [-0.05, 0) is 31.0 Å². The van der Waals surface area contributed by atoms with Crippen LogP contribution in [-0.4, -0.2) is 61.2 Å². The number of benzene rings is 1. The van der Waals surface area contributed by atoms with Gasteiger partial charge < -0.3 is 24.7 Å². The van der Waals surface area contributed by atoms with Crippen molar-refractivity contribution in [2.75, 3.05) is 46.1 Å². The average molecular weight is 440 g/mol. The Labute approximate surface area is 187 Å². The quantitative estimate of drug-likeness (QED) is 0.643. The molecule has 9 heteroatoms. The van der Waals surface area contributed by atoms with Gasteiger partial charge in [0.2, 0.25) is 11.8 Å². The molecule has 1 aromatic carbocycles. The van der Waals surface area contributed by atoms with Crippen LogP contribution < -0.4 is 19.9 Å². The third-order valence-electron chi connectivity index (χ3n) is 5.74. The maximum absolute atomic E-state index is 9.82. The van der Waals surface area contributed by atoms with E-state index in [2.05, 4.69) is 21.2 Å². The number of aromatic amines is 1. The second-order valence-electron chi connectivity index (χ2n) is 7.64. The third-order valence-corrected chi connectivity index (χ3v) is 5.74. The minimum absolute atomic E-state index is 0.0722. The summed E-state index contributed by atoms with van der Waals surface area (Å²) >= 11 is 0. The molecule has 0 bridgehead atoms. The molecule has 2 aliphatic heterocycles. The molecular formula is C23H29N5O4. The maximum Gasteiger partial charge on any atom is 0.244 e. The highest BCUT2D eigenvalue weighted by atomic mass is 16.5. The number of rotatable bonds is 8. The van der Waals surface area contributed by atoms with Crippen molar-refractivity contribution in [3.63, 3.8) is 0 Å². The van der Waals surface area contributed by atoms with Crippen molar-refractivity contribution in [1.82, 2.24) is 15.1 Å². The Morgan fingerprint density at radius 2 is 2.06 bits per heavy atom. The van der Waals surface area contributed by atoms with E-state index in [1.54, 1.807) is 0 Å². The number of H-pyrrole nitrogens is 1. The molecule has 0 spiro atoms. The van der Waals surface area contributed by atoms with E-state index < -0.39 is 0 Å². The topological polar surface area (TPSA) is 119 Å². The number of allylic oxidation sites excluding steroid dienone is 1. The molecule has 0 unspecified atom stereocenters.